The van der Waals surface area contributed by atoms with E-state index < -0.39 is 5.76 Å². The Kier molecular flexibility index (Phi) is 4.09. The lowest BCUT2D eigenvalue weighted by Gasteiger charge is -2.07. The van der Waals surface area contributed by atoms with Crippen LogP contribution < -0.4 is 15.8 Å². The Bertz CT molecular complexity index is 883. The molecule has 0 spiro atoms. The van der Waals surface area contributed by atoms with Crippen molar-refractivity contribution in [2.75, 3.05) is 11.9 Å². The zero-order chi connectivity index (χ0) is 16.2. The molecule has 23 heavy (non-hydrogen) atoms. The average Bonchev–Trinajstić information content (AvgIpc) is 2.88. The molecule has 0 aliphatic rings. The number of ether oxygens (including phenoxy) is 1. The van der Waals surface area contributed by atoms with Crippen LogP contribution in [0.15, 0.2) is 51.7 Å². The van der Waals surface area contributed by atoms with Crippen LogP contribution in [0.2, 0.25) is 0 Å². The molecule has 3 rings (SSSR count). The molecule has 0 aliphatic carbocycles. The Balaban J connectivity index is 1.53. The number of aromatic nitrogens is 1. The first-order valence-corrected chi connectivity index (χ1v) is 6.91. The highest BCUT2D eigenvalue weighted by Gasteiger charge is 2.06. The third-order valence-corrected chi connectivity index (χ3v) is 3.11. The van der Waals surface area contributed by atoms with Crippen molar-refractivity contribution < 1.29 is 18.3 Å². The molecule has 0 saturated carbocycles. The summed E-state index contributed by atoms with van der Waals surface area (Å²) in [7, 11) is 0. The van der Waals surface area contributed by atoms with Gasteiger partial charge in [0.2, 0.25) is 5.91 Å². The summed E-state index contributed by atoms with van der Waals surface area (Å²) in [6.45, 7) is 0.169. The first kappa shape index (κ1) is 14.8. The molecule has 0 atom stereocenters. The van der Waals surface area contributed by atoms with Crippen LogP contribution in [0.4, 0.5) is 10.1 Å². The van der Waals surface area contributed by atoms with Gasteiger partial charge in [0.15, 0.2) is 5.58 Å². The van der Waals surface area contributed by atoms with Crippen LogP contribution in [-0.4, -0.2) is 17.5 Å². The van der Waals surface area contributed by atoms with E-state index >= 15 is 0 Å². The van der Waals surface area contributed by atoms with Gasteiger partial charge in [0.25, 0.3) is 0 Å². The minimum absolute atomic E-state index is 0.136. The highest BCUT2D eigenvalue weighted by molar-refractivity contribution is 5.92. The maximum atomic E-state index is 12.7. The van der Waals surface area contributed by atoms with E-state index in [9.17, 15) is 14.0 Å². The van der Waals surface area contributed by atoms with Crippen molar-refractivity contribution in [1.82, 2.24) is 4.98 Å². The van der Waals surface area contributed by atoms with E-state index in [2.05, 4.69) is 10.3 Å². The molecule has 2 N–H and O–H groups in total. The minimum atomic E-state index is -0.545. The quantitative estimate of drug-likeness (QED) is 0.758. The minimum Gasteiger partial charge on any atom is -0.493 e. The van der Waals surface area contributed by atoms with Gasteiger partial charge in [0.1, 0.15) is 11.6 Å². The van der Waals surface area contributed by atoms with Crippen LogP contribution in [0.3, 0.4) is 0 Å². The number of aromatic amines is 1. The summed E-state index contributed by atoms with van der Waals surface area (Å²) in [6, 6.07) is 10.4. The Labute approximate surface area is 129 Å². The second-order valence-corrected chi connectivity index (χ2v) is 4.83. The van der Waals surface area contributed by atoms with Crippen LogP contribution >= 0.6 is 0 Å². The molecule has 1 amide bonds. The zero-order valence-electron chi connectivity index (χ0n) is 12.0. The third-order valence-electron chi connectivity index (χ3n) is 3.11. The molecule has 2 aromatic carbocycles. The number of hydrogen-bond acceptors (Lipinski definition) is 4. The summed E-state index contributed by atoms with van der Waals surface area (Å²) in [5, 5.41) is 2.70. The van der Waals surface area contributed by atoms with E-state index in [1.54, 1.807) is 18.2 Å². The lowest BCUT2D eigenvalue weighted by atomic mass is 10.2. The molecule has 118 valence electrons. The van der Waals surface area contributed by atoms with Crippen molar-refractivity contribution in [3.05, 3.63) is 58.8 Å². The fourth-order valence-corrected chi connectivity index (χ4v) is 2.05. The number of hydrogen-bond donors (Lipinski definition) is 2. The summed E-state index contributed by atoms with van der Waals surface area (Å²) in [5.74, 6) is -0.632. The SMILES string of the molecule is O=C(CCOc1ccc(F)cc1)Nc1ccc2oc(=O)[nH]c2c1. The zero-order valence-corrected chi connectivity index (χ0v) is 12.0. The standard InChI is InChI=1S/C16H13FN2O4/c17-10-1-4-12(5-2-10)22-8-7-15(20)18-11-3-6-14-13(9-11)19-16(21)23-14/h1-6,9H,7-8H2,(H,18,20)(H,19,21). The Morgan fingerprint density at radius 2 is 2.00 bits per heavy atom. The van der Waals surface area contributed by atoms with Crippen molar-refractivity contribution in [3.63, 3.8) is 0 Å². The summed E-state index contributed by atoms with van der Waals surface area (Å²) in [5.41, 5.74) is 1.48. The second kappa shape index (κ2) is 6.35. The van der Waals surface area contributed by atoms with E-state index in [0.29, 0.717) is 22.5 Å². The number of amides is 1. The molecule has 0 radical (unpaired) electrons. The summed E-state index contributed by atoms with van der Waals surface area (Å²) in [4.78, 5) is 25.4. The molecule has 0 bridgehead atoms. The van der Waals surface area contributed by atoms with Crippen LogP contribution in [0.1, 0.15) is 6.42 Å². The van der Waals surface area contributed by atoms with Crippen LogP contribution in [-0.2, 0) is 4.79 Å². The maximum absolute atomic E-state index is 12.7. The van der Waals surface area contributed by atoms with Crippen molar-refractivity contribution >= 4 is 22.7 Å². The fraction of sp³-hybridized carbons (Fsp3) is 0.125. The molecule has 0 saturated heterocycles. The molecular weight excluding hydrogens is 303 g/mol. The summed E-state index contributed by atoms with van der Waals surface area (Å²) in [6.07, 6.45) is 0.136. The number of H-pyrrole nitrogens is 1. The first-order valence-electron chi connectivity index (χ1n) is 6.91. The number of fused-ring (bicyclic) bond motifs is 1. The van der Waals surface area contributed by atoms with E-state index in [-0.39, 0.29) is 24.8 Å². The highest BCUT2D eigenvalue weighted by Crippen LogP contribution is 2.16. The maximum Gasteiger partial charge on any atom is 0.417 e. The van der Waals surface area contributed by atoms with Gasteiger partial charge in [-0.15, -0.1) is 0 Å². The van der Waals surface area contributed by atoms with Crippen molar-refractivity contribution in [2.24, 2.45) is 0 Å². The number of nitrogens with one attached hydrogen (secondary N) is 2. The Morgan fingerprint density at radius 1 is 1.22 bits per heavy atom. The van der Waals surface area contributed by atoms with Crippen molar-refractivity contribution in [3.8, 4) is 5.75 Å². The molecule has 1 aromatic heterocycles. The average molecular weight is 316 g/mol. The summed E-state index contributed by atoms with van der Waals surface area (Å²) >= 11 is 0. The molecule has 7 heteroatoms. The fourth-order valence-electron chi connectivity index (χ4n) is 2.05. The molecule has 1 heterocycles. The smallest absolute Gasteiger partial charge is 0.417 e. The predicted octanol–water partition coefficient (Wildman–Crippen LogP) is 2.67. The number of anilines is 1. The largest absolute Gasteiger partial charge is 0.493 e. The number of oxazole rings is 1. The lowest BCUT2D eigenvalue weighted by Crippen LogP contribution is -2.15. The van der Waals surface area contributed by atoms with Gasteiger partial charge in [-0.05, 0) is 42.5 Å². The van der Waals surface area contributed by atoms with Gasteiger partial charge in [-0.1, -0.05) is 0 Å². The summed E-state index contributed by atoms with van der Waals surface area (Å²) < 4.78 is 23.0. The van der Waals surface area contributed by atoms with Crippen LogP contribution in [0.25, 0.3) is 11.1 Å². The molecule has 6 nitrogen and oxygen atoms in total. The van der Waals surface area contributed by atoms with Gasteiger partial charge in [-0.25, -0.2) is 9.18 Å². The number of carbonyl (C=O) groups excluding carboxylic acids is 1. The Hall–Kier alpha value is -3.09. The first-order chi connectivity index (χ1) is 11.1. The third kappa shape index (κ3) is 3.76. The molecule has 0 aliphatic heterocycles. The van der Waals surface area contributed by atoms with E-state index in [1.165, 1.54) is 24.3 Å². The van der Waals surface area contributed by atoms with Crippen LogP contribution in [0, 0.1) is 5.82 Å². The van der Waals surface area contributed by atoms with E-state index in [1.807, 2.05) is 0 Å². The normalized spacial score (nSPS) is 10.7. The van der Waals surface area contributed by atoms with E-state index in [4.69, 9.17) is 9.15 Å². The molecular formula is C16H13FN2O4. The van der Waals surface area contributed by atoms with E-state index in [0.717, 1.165) is 0 Å². The van der Waals surface area contributed by atoms with Crippen molar-refractivity contribution in [1.29, 1.82) is 0 Å². The number of halogens is 1. The van der Waals surface area contributed by atoms with Gasteiger partial charge in [0.05, 0.1) is 18.5 Å². The number of carbonyl (C=O) groups is 1. The van der Waals surface area contributed by atoms with Gasteiger partial charge in [0, 0.05) is 5.69 Å². The van der Waals surface area contributed by atoms with Crippen molar-refractivity contribution in [2.45, 2.75) is 6.42 Å². The predicted molar refractivity (Wildman–Crippen MR) is 82.0 cm³/mol. The molecule has 0 fully saturated rings. The monoisotopic (exact) mass is 316 g/mol. The molecule has 3 aromatic rings. The van der Waals surface area contributed by atoms with Crippen LogP contribution in [0.5, 0.6) is 5.75 Å². The molecule has 0 unspecified atom stereocenters. The number of rotatable bonds is 5. The van der Waals surface area contributed by atoms with Gasteiger partial charge >= 0.3 is 5.76 Å². The second-order valence-electron chi connectivity index (χ2n) is 4.83. The number of benzene rings is 2. The van der Waals surface area contributed by atoms with Gasteiger partial charge < -0.3 is 14.5 Å². The topological polar surface area (TPSA) is 84.3 Å². The van der Waals surface area contributed by atoms with Gasteiger partial charge in [-0.2, -0.15) is 0 Å². The lowest BCUT2D eigenvalue weighted by molar-refractivity contribution is -0.116. The van der Waals surface area contributed by atoms with Gasteiger partial charge in [-0.3, -0.25) is 9.78 Å². The highest BCUT2D eigenvalue weighted by atomic mass is 19.1. The Morgan fingerprint density at radius 3 is 2.78 bits per heavy atom.